The quantitative estimate of drug-likeness (QED) is 0.302. The molecular formula is C36H32N4O2. The van der Waals surface area contributed by atoms with E-state index in [2.05, 4.69) is 119 Å². The Hall–Kier alpha value is -4.26. The number of nitrogens with one attached hydrogen (secondary N) is 2. The molecule has 6 heteroatoms. The summed E-state index contributed by atoms with van der Waals surface area (Å²) in [6.07, 6.45) is 1.63. The van der Waals surface area contributed by atoms with Crippen LogP contribution in [0.3, 0.4) is 0 Å². The van der Waals surface area contributed by atoms with Crippen LogP contribution in [0.2, 0.25) is 0 Å². The summed E-state index contributed by atoms with van der Waals surface area (Å²) in [5, 5.41) is 6.63. The first kappa shape index (κ1) is 24.3. The average molecular weight is 553 g/mol. The maximum atomic E-state index is 14.9. The highest BCUT2D eigenvalue weighted by Crippen LogP contribution is 2.67. The van der Waals surface area contributed by atoms with Crippen LogP contribution >= 0.6 is 0 Å². The largest absolute Gasteiger partial charge is 0.324 e. The Balaban J connectivity index is 1.45. The molecular weight excluding hydrogens is 520 g/mol. The lowest BCUT2D eigenvalue weighted by atomic mass is 9.62. The van der Waals surface area contributed by atoms with Crippen LogP contribution in [0.1, 0.15) is 56.6 Å². The summed E-state index contributed by atoms with van der Waals surface area (Å²) in [4.78, 5) is 34.6. The zero-order chi connectivity index (χ0) is 28.4. The van der Waals surface area contributed by atoms with Gasteiger partial charge in [-0.2, -0.15) is 0 Å². The van der Waals surface area contributed by atoms with E-state index in [0.717, 1.165) is 57.6 Å². The lowest BCUT2D eigenvalue weighted by Gasteiger charge is -2.66. The number of anilines is 2. The van der Waals surface area contributed by atoms with Gasteiger partial charge in [-0.25, -0.2) is 0 Å². The SMILES string of the molecule is Cc1ccc2c(c1)[C@@]1(C(=O)N2)[C@H]2c3ccccc3CCN2[C@]2(C(=O)Nc3ccc(C)cc32)[C@H]2c3ccccc3CCN21. The summed E-state index contributed by atoms with van der Waals surface area (Å²) in [5.74, 6) is -0.00573. The van der Waals surface area contributed by atoms with Crippen LogP contribution in [0.25, 0.3) is 0 Å². The first-order valence-electron chi connectivity index (χ1n) is 15.0. The van der Waals surface area contributed by atoms with Crippen LogP contribution in [0.5, 0.6) is 0 Å². The van der Waals surface area contributed by atoms with E-state index in [1.165, 1.54) is 11.1 Å². The number of carbonyl (C=O) groups excluding carboxylic acids is 2. The Labute approximate surface area is 245 Å². The van der Waals surface area contributed by atoms with Crippen molar-refractivity contribution in [2.45, 2.75) is 49.9 Å². The van der Waals surface area contributed by atoms with Gasteiger partial charge in [0.15, 0.2) is 0 Å². The van der Waals surface area contributed by atoms with E-state index in [4.69, 9.17) is 0 Å². The van der Waals surface area contributed by atoms with Crippen molar-refractivity contribution in [3.05, 3.63) is 129 Å². The molecule has 0 aromatic heterocycles. The van der Waals surface area contributed by atoms with Gasteiger partial charge in [-0.3, -0.25) is 19.4 Å². The van der Waals surface area contributed by atoms with Crippen molar-refractivity contribution in [2.75, 3.05) is 23.7 Å². The maximum absolute atomic E-state index is 14.9. The predicted octanol–water partition coefficient (Wildman–Crippen LogP) is 5.51. The Morgan fingerprint density at radius 2 is 1.05 bits per heavy atom. The molecule has 0 unspecified atom stereocenters. The summed E-state index contributed by atoms with van der Waals surface area (Å²) in [6.45, 7) is 5.54. The molecule has 5 aliphatic rings. The van der Waals surface area contributed by atoms with Crippen molar-refractivity contribution >= 4 is 23.2 Å². The zero-order valence-corrected chi connectivity index (χ0v) is 23.8. The van der Waals surface area contributed by atoms with Gasteiger partial charge in [0.1, 0.15) is 11.1 Å². The Morgan fingerprint density at radius 3 is 1.50 bits per heavy atom. The van der Waals surface area contributed by atoms with Gasteiger partial charge in [-0.05, 0) is 61.1 Å². The van der Waals surface area contributed by atoms with Crippen molar-refractivity contribution in [2.24, 2.45) is 0 Å². The molecule has 208 valence electrons. The van der Waals surface area contributed by atoms with E-state index in [1.807, 2.05) is 0 Å². The first-order chi connectivity index (χ1) is 20.5. The second-order valence-corrected chi connectivity index (χ2v) is 12.6. The Morgan fingerprint density at radius 1 is 0.619 bits per heavy atom. The number of hydrogen-bond acceptors (Lipinski definition) is 4. The normalized spacial score (nSPS) is 28.8. The maximum Gasteiger partial charge on any atom is 0.251 e. The zero-order valence-electron chi connectivity index (χ0n) is 23.8. The van der Waals surface area contributed by atoms with E-state index in [0.29, 0.717) is 13.1 Å². The third-order valence-corrected chi connectivity index (χ3v) is 10.6. The second kappa shape index (κ2) is 8.18. The molecule has 0 bridgehead atoms. The summed E-state index contributed by atoms with van der Waals surface area (Å²) in [5.41, 5.74) is 8.77. The number of aryl methyl sites for hydroxylation is 2. The van der Waals surface area contributed by atoms with Crippen molar-refractivity contribution < 1.29 is 9.59 Å². The fourth-order valence-electron chi connectivity index (χ4n) is 9.07. The third kappa shape index (κ3) is 2.73. The lowest BCUT2D eigenvalue weighted by molar-refractivity contribution is -0.190. The minimum atomic E-state index is -1.01. The number of amides is 2. The molecule has 2 amide bonds. The standard InChI is InChI=1S/C36H32N4O2/c1-21-11-13-29-27(19-21)35(33(41)37-29)31-25-9-5-3-7-23(25)16-18-40(31)36(28-20-22(2)12-14-30(28)38-34(36)42)32-26-10-6-4-8-24(26)15-17-39(32)35/h3-14,19-20,31-32H,15-18H2,1-2H3,(H,37,41)(H,38,42)/t31-,32-,35+,36+/m1/s1. The predicted molar refractivity (Wildman–Crippen MR) is 162 cm³/mol. The molecule has 1 saturated heterocycles. The van der Waals surface area contributed by atoms with Gasteiger partial charge in [-0.1, -0.05) is 83.9 Å². The number of fused-ring (bicyclic) bond motifs is 14. The number of carbonyl (C=O) groups is 2. The molecule has 0 radical (unpaired) electrons. The fraction of sp³-hybridized carbons (Fsp3) is 0.278. The summed E-state index contributed by atoms with van der Waals surface area (Å²) in [6, 6.07) is 29.0. The Kier molecular flexibility index (Phi) is 4.74. The van der Waals surface area contributed by atoms with Crippen LogP contribution in [0.15, 0.2) is 84.9 Å². The molecule has 2 spiro atoms. The molecule has 4 atom stereocenters. The van der Waals surface area contributed by atoms with Gasteiger partial charge in [0.2, 0.25) is 0 Å². The van der Waals surface area contributed by atoms with Crippen LogP contribution < -0.4 is 10.6 Å². The molecule has 6 nitrogen and oxygen atoms in total. The highest BCUT2D eigenvalue weighted by atomic mass is 16.2. The molecule has 4 aromatic rings. The van der Waals surface area contributed by atoms with Crippen LogP contribution in [-0.4, -0.2) is 34.7 Å². The number of rotatable bonds is 0. The summed E-state index contributed by atoms with van der Waals surface area (Å²) >= 11 is 0. The number of nitrogens with zero attached hydrogens (tertiary/aromatic N) is 2. The molecule has 1 fully saturated rings. The van der Waals surface area contributed by atoms with Gasteiger partial charge in [0.05, 0.1) is 12.1 Å². The molecule has 42 heavy (non-hydrogen) atoms. The van der Waals surface area contributed by atoms with Crippen molar-refractivity contribution in [3.8, 4) is 0 Å². The lowest BCUT2D eigenvalue weighted by Crippen LogP contribution is -2.75. The minimum Gasteiger partial charge on any atom is -0.324 e. The number of piperazine rings is 1. The van der Waals surface area contributed by atoms with E-state index < -0.39 is 11.1 Å². The fourth-order valence-corrected chi connectivity index (χ4v) is 9.07. The van der Waals surface area contributed by atoms with E-state index >= 15 is 0 Å². The van der Waals surface area contributed by atoms with Crippen molar-refractivity contribution in [1.29, 1.82) is 0 Å². The molecule has 4 aromatic carbocycles. The summed E-state index contributed by atoms with van der Waals surface area (Å²) in [7, 11) is 0. The monoisotopic (exact) mass is 552 g/mol. The minimum absolute atomic E-state index is 0.00287. The highest BCUT2D eigenvalue weighted by molar-refractivity contribution is 6.10. The molecule has 9 rings (SSSR count). The van der Waals surface area contributed by atoms with E-state index in [9.17, 15) is 9.59 Å². The summed E-state index contributed by atoms with van der Waals surface area (Å²) < 4.78 is 0. The molecule has 2 N–H and O–H groups in total. The smallest absolute Gasteiger partial charge is 0.251 e. The van der Waals surface area contributed by atoms with Gasteiger partial charge >= 0.3 is 0 Å². The van der Waals surface area contributed by atoms with Crippen LogP contribution in [-0.2, 0) is 33.5 Å². The van der Waals surface area contributed by atoms with Gasteiger partial charge in [0, 0.05) is 35.6 Å². The Bertz CT molecular complexity index is 1730. The number of benzene rings is 4. The first-order valence-corrected chi connectivity index (χ1v) is 15.0. The molecule has 0 saturated carbocycles. The van der Waals surface area contributed by atoms with Gasteiger partial charge < -0.3 is 10.6 Å². The van der Waals surface area contributed by atoms with E-state index in [-0.39, 0.29) is 23.9 Å². The topological polar surface area (TPSA) is 64.7 Å². The van der Waals surface area contributed by atoms with Gasteiger partial charge in [0.25, 0.3) is 11.8 Å². The van der Waals surface area contributed by atoms with Crippen molar-refractivity contribution in [3.63, 3.8) is 0 Å². The van der Waals surface area contributed by atoms with Crippen LogP contribution in [0.4, 0.5) is 11.4 Å². The molecule has 5 aliphatic heterocycles. The highest BCUT2D eigenvalue weighted by Gasteiger charge is 2.74. The molecule has 0 aliphatic carbocycles. The van der Waals surface area contributed by atoms with Crippen LogP contribution in [0, 0.1) is 13.8 Å². The van der Waals surface area contributed by atoms with E-state index in [1.54, 1.807) is 0 Å². The third-order valence-electron chi connectivity index (χ3n) is 10.6. The van der Waals surface area contributed by atoms with Gasteiger partial charge in [-0.15, -0.1) is 0 Å². The molecule has 5 heterocycles. The second-order valence-electron chi connectivity index (χ2n) is 12.6. The average Bonchev–Trinajstić information content (AvgIpc) is 3.45. The number of hydrogen-bond donors (Lipinski definition) is 2. The van der Waals surface area contributed by atoms with Crippen molar-refractivity contribution in [1.82, 2.24) is 9.80 Å².